The summed E-state index contributed by atoms with van der Waals surface area (Å²) in [5.41, 5.74) is 0. The number of piperidine rings is 1. The van der Waals surface area contributed by atoms with Gasteiger partial charge in [-0.15, -0.1) is 0 Å². The van der Waals surface area contributed by atoms with Crippen LogP contribution in [0.4, 0.5) is 0 Å². The summed E-state index contributed by atoms with van der Waals surface area (Å²) in [7, 11) is 1.93. The molecule has 0 bridgehead atoms. The molecular weight excluding hydrogens is 180 g/mol. The third kappa shape index (κ3) is 1.66. The van der Waals surface area contributed by atoms with Crippen LogP contribution in [0.25, 0.3) is 0 Å². The predicted molar refractivity (Wildman–Crippen MR) is 58.7 cm³/mol. The Labute approximate surface area is 85.7 Å². The summed E-state index contributed by atoms with van der Waals surface area (Å²) in [6, 6.07) is 0.758. The lowest BCUT2D eigenvalue weighted by Gasteiger charge is -2.39. The quantitative estimate of drug-likeness (QED) is 0.597. The Morgan fingerprint density at radius 2 is 2.08 bits per heavy atom. The molecule has 0 aromatic rings. The number of rotatable bonds is 0. The lowest BCUT2D eigenvalue weighted by atomic mass is 9.92. The van der Waals surface area contributed by atoms with Gasteiger partial charge in [0.25, 0.3) is 0 Å². The van der Waals surface area contributed by atoms with Crippen LogP contribution in [0.2, 0.25) is 0 Å². The van der Waals surface area contributed by atoms with Crippen LogP contribution in [0.3, 0.4) is 0 Å². The maximum Gasteiger partial charge on any atom is 0.168 e. The van der Waals surface area contributed by atoms with Crippen molar-refractivity contribution in [2.24, 2.45) is 5.92 Å². The molecule has 0 aromatic heterocycles. The molecule has 2 aliphatic rings. The summed E-state index contributed by atoms with van der Waals surface area (Å²) in [6.45, 7) is 1.17. The highest BCUT2D eigenvalue weighted by molar-refractivity contribution is 7.80. The fourth-order valence-corrected chi connectivity index (χ4v) is 3.08. The molecule has 1 aliphatic carbocycles. The van der Waals surface area contributed by atoms with E-state index < -0.39 is 0 Å². The Hall–Kier alpha value is -0.310. The number of fused-ring (bicyclic) bond motifs is 1. The van der Waals surface area contributed by atoms with E-state index in [-0.39, 0.29) is 0 Å². The van der Waals surface area contributed by atoms with Crippen molar-refractivity contribution in [3.05, 3.63) is 0 Å². The van der Waals surface area contributed by atoms with Crippen LogP contribution < -0.4 is 5.32 Å². The van der Waals surface area contributed by atoms with Gasteiger partial charge in [-0.25, -0.2) is 0 Å². The molecule has 2 rings (SSSR count). The summed E-state index contributed by atoms with van der Waals surface area (Å²) in [5.74, 6) is 0.931. The van der Waals surface area contributed by atoms with Gasteiger partial charge >= 0.3 is 0 Å². The van der Waals surface area contributed by atoms with Crippen LogP contribution >= 0.6 is 12.2 Å². The molecule has 1 saturated carbocycles. The van der Waals surface area contributed by atoms with E-state index in [1.54, 1.807) is 0 Å². The summed E-state index contributed by atoms with van der Waals surface area (Å²) in [6.07, 6.45) is 6.93. The minimum atomic E-state index is 0.758. The first-order valence-corrected chi connectivity index (χ1v) is 5.72. The maximum absolute atomic E-state index is 5.31. The number of likely N-dealkylation sites (tertiary alicyclic amines) is 1. The van der Waals surface area contributed by atoms with Crippen molar-refractivity contribution in [2.75, 3.05) is 13.6 Å². The third-order valence-electron chi connectivity index (χ3n) is 3.47. The molecule has 2 nitrogen and oxygen atoms in total. The lowest BCUT2D eigenvalue weighted by Crippen LogP contribution is -2.49. The molecule has 74 valence electrons. The maximum atomic E-state index is 5.31. The Kier molecular flexibility index (Phi) is 2.72. The van der Waals surface area contributed by atoms with Gasteiger partial charge in [0.05, 0.1) is 0 Å². The molecule has 2 fully saturated rings. The van der Waals surface area contributed by atoms with Crippen LogP contribution in [-0.2, 0) is 0 Å². The zero-order valence-electron chi connectivity index (χ0n) is 8.25. The summed E-state index contributed by atoms with van der Waals surface area (Å²) in [5, 5.41) is 4.06. The Bertz CT molecular complexity index is 205. The van der Waals surface area contributed by atoms with E-state index in [1.807, 2.05) is 7.05 Å². The fraction of sp³-hybridized carbons (Fsp3) is 0.900. The van der Waals surface area contributed by atoms with Crippen molar-refractivity contribution in [3.8, 4) is 0 Å². The van der Waals surface area contributed by atoms with Gasteiger partial charge in [0.2, 0.25) is 0 Å². The van der Waals surface area contributed by atoms with Crippen molar-refractivity contribution >= 4 is 17.3 Å². The molecule has 1 aliphatic heterocycles. The van der Waals surface area contributed by atoms with Crippen LogP contribution in [0.5, 0.6) is 0 Å². The first-order valence-electron chi connectivity index (χ1n) is 5.31. The summed E-state index contributed by atoms with van der Waals surface area (Å²) >= 11 is 5.31. The minimum absolute atomic E-state index is 0.758. The zero-order valence-corrected chi connectivity index (χ0v) is 9.07. The average molecular weight is 198 g/mol. The van der Waals surface area contributed by atoms with Crippen molar-refractivity contribution in [2.45, 2.75) is 38.1 Å². The van der Waals surface area contributed by atoms with Gasteiger partial charge in [0.1, 0.15) is 0 Å². The van der Waals surface area contributed by atoms with E-state index >= 15 is 0 Å². The van der Waals surface area contributed by atoms with E-state index in [2.05, 4.69) is 10.2 Å². The monoisotopic (exact) mass is 198 g/mol. The normalized spacial score (nSPS) is 32.8. The van der Waals surface area contributed by atoms with Crippen molar-refractivity contribution in [1.29, 1.82) is 0 Å². The largest absolute Gasteiger partial charge is 0.366 e. The van der Waals surface area contributed by atoms with Gasteiger partial charge in [-0.3, -0.25) is 0 Å². The molecule has 1 saturated heterocycles. The highest BCUT2D eigenvalue weighted by Crippen LogP contribution is 2.36. The minimum Gasteiger partial charge on any atom is -0.366 e. The first-order chi connectivity index (χ1) is 6.33. The lowest BCUT2D eigenvalue weighted by molar-refractivity contribution is 0.190. The molecule has 2 atom stereocenters. The van der Waals surface area contributed by atoms with E-state index in [4.69, 9.17) is 12.2 Å². The number of nitrogens with one attached hydrogen (secondary N) is 1. The van der Waals surface area contributed by atoms with Crippen molar-refractivity contribution in [1.82, 2.24) is 10.2 Å². The number of nitrogens with zero attached hydrogens (tertiary/aromatic N) is 1. The van der Waals surface area contributed by atoms with Crippen molar-refractivity contribution in [3.63, 3.8) is 0 Å². The number of thiocarbonyl (C=S) groups is 1. The highest BCUT2D eigenvalue weighted by atomic mass is 32.1. The molecular formula is C10H18N2S. The van der Waals surface area contributed by atoms with Gasteiger partial charge in [0.15, 0.2) is 5.11 Å². The Balaban J connectivity index is 2.05. The topological polar surface area (TPSA) is 15.3 Å². The zero-order chi connectivity index (χ0) is 9.26. The van der Waals surface area contributed by atoms with Crippen LogP contribution in [0.15, 0.2) is 0 Å². The second kappa shape index (κ2) is 3.82. The Morgan fingerprint density at radius 3 is 2.85 bits per heavy atom. The molecule has 3 heteroatoms. The molecule has 0 spiro atoms. The summed E-state index contributed by atoms with van der Waals surface area (Å²) in [4.78, 5) is 2.41. The number of hydrogen-bond acceptors (Lipinski definition) is 1. The fourth-order valence-electron chi connectivity index (χ4n) is 2.85. The van der Waals surface area contributed by atoms with Gasteiger partial charge in [-0.1, -0.05) is 6.42 Å². The van der Waals surface area contributed by atoms with Crippen LogP contribution in [0, 0.1) is 5.92 Å². The van der Waals surface area contributed by atoms with E-state index in [0.29, 0.717) is 0 Å². The second-order valence-electron chi connectivity index (χ2n) is 4.15. The van der Waals surface area contributed by atoms with Gasteiger partial charge in [-0.2, -0.15) is 0 Å². The van der Waals surface area contributed by atoms with Gasteiger partial charge < -0.3 is 10.2 Å². The van der Waals surface area contributed by atoms with E-state index in [9.17, 15) is 0 Å². The highest BCUT2D eigenvalue weighted by Gasteiger charge is 2.35. The second-order valence-corrected chi connectivity index (χ2v) is 4.54. The first kappa shape index (κ1) is 9.25. The average Bonchev–Trinajstić information content (AvgIpc) is 2.63. The SMILES string of the molecule is CNC(=S)N1CCCC2CCCC21. The van der Waals surface area contributed by atoms with Crippen LogP contribution in [0.1, 0.15) is 32.1 Å². The van der Waals surface area contributed by atoms with E-state index in [1.165, 1.54) is 38.6 Å². The summed E-state index contributed by atoms with van der Waals surface area (Å²) < 4.78 is 0. The Morgan fingerprint density at radius 1 is 1.31 bits per heavy atom. The van der Waals surface area contributed by atoms with Gasteiger partial charge in [0, 0.05) is 19.6 Å². The number of hydrogen-bond donors (Lipinski definition) is 1. The molecule has 2 unspecified atom stereocenters. The molecule has 0 amide bonds. The van der Waals surface area contributed by atoms with E-state index in [0.717, 1.165) is 17.1 Å². The van der Waals surface area contributed by atoms with Gasteiger partial charge in [-0.05, 0) is 43.8 Å². The predicted octanol–water partition coefficient (Wildman–Crippen LogP) is 1.76. The standard InChI is InChI=1S/C10H18N2S/c1-11-10(13)12-7-3-5-8-4-2-6-9(8)12/h8-9H,2-7H2,1H3,(H,11,13). The smallest absolute Gasteiger partial charge is 0.168 e. The third-order valence-corrected chi connectivity index (χ3v) is 3.91. The van der Waals surface area contributed by atoms with Crippen molar-refractivity contribution < 1.29 is 0 Å². The molecule has 1 heterocycles. The molecule has 0 radical (unpaired) electrons. The molecule has 1 N–H and O–H groups in total. The molecule has 13 heavy (non-hydrogen) atoms. The molecule has 0 aromatic carbocycles. The van der Waals surface area contributed by atoms with Crippen LogP contribution in [-0.4, -0.2) is 29.6 Å².